The van der Waals surface area contributed by atoms with Crippen molar-refractivity contribution in [2.45, 2.75) is 26.7 Å². The molecule has 0 saturated heterocycles. The van der Waals surface area contributed by atoms with Crippen molar-refractivity contribution in [2.24, 2.45) is 0 Å². The molecule has 0 aromatic heterocycles. The Morgan fingerprint density at radius 2 is 1.50 bits per heavy atom. The Balaban J connectivity index is 3.60. The van der Waals surface area contributed by atoms with E-state index in [9.17, 15) is 8.78 Å². The smallest absolute Gasteiger partial charge is 0.163 e. The SMILES string of the molecule is Cc1c(F)c(F)c(C(C)C)c(Br)c1Br. The van der Waals surface area contributed by atoms with E-state index < -0.39 is 11.6 Å². The van der Waals surface area contributed by atoms with Crippen LogP contribution in [-0.4, -0.2) is 0 Å². The van der Waals surface area contributed by atoms with E-state index in [0.29, 0.717) is 20.1 Å². The van der Waals surface area contributed by atoms with Gasteiger partial charge in [-0.1, -0.05) is 13.8 Å². The predicted molar refractivity (Wildman–Crippen MR) is 60.6 cm³/mol. The van der Waals surface area contributed by atoms with Crippen LogP contribution in [0.5, 0.6) is 0 Å². The summed E-state index contributed by atoms with van der Waals surface area (Å²) in [7, 11) is 0. The van der Waals surface area contributed by atoms with Crippen LogP contribution in [0.25, 0.3) is 0 Å². The van der Waals surface area contributed by atoms with E-state index in [1.165, 1.54) is 6.92 Å². The van der Waals surface area contributed by atoms with Crippen LogP contribution in [0.15, 0.2) is 8.95 Å². The molecule has 1 aromatic carbocycles. The second-order valence-electron chi connectivity index (χ2n) is 3.45. The van der Waals surface area contributed by atoms with E-state index in [4.69, 9.17) is 0 Å². The first-order valence-corrected chi connectivity index (χ1v) is 5.79. The molecule has 1 rings (SSSR count). The summed E-state index contributed by atoms with van der Waals surface area (Å²) in [6.45, 7) is 5.19. The average molecular weight is 328 g/mol. The summed E-state index contributed by atoms with van der Waals surface area (Å²) in [6, 6.07) is 0. The number of halogens is 4. The quantitative estimate of drug-likeness (QED) is 0.642. The molecule has 0 N–H and O–H groups in total. The van der Waals surface area contributed by atoms with Gasteiger partial charge in [0.1, 0.15) is 0 Å². The summed E-state index contributed by atoms with van der Waals surface area (Å²) in [4.78, 5) is 0. The fraction of sp³-hybridized carbons (Fsp3) is 0.400. The standard InChI is InChI=1S/C10H10Br2F2/c1-4(2)6-8(12)7(11)5(3)9(13)10(6)14/h4H,1-3H3. The van der Waals surface area contributed by atoms with Crippen molar-refractivity contribution in [3.63, 3.8) is 0 Å². The zero-order valence-corrected chi connectivity index (χ0v) is 11.3. The molecule has 0 unspecified atom stereocenters. The largest absolute Gasteiger partial charge is 0.203 e. The zero-order chi connectivity index (χ0) is 11.0. The molecule has 0 nitrogen and oxygen atoms in total. The second kappa shape index (κ2) is 4.27. The normalized spacial score (nSPS) is 11.1. The highest BCUT2D eigenvalue weighted by molar-refractivity contribution is 9.13. The van der Waals surface area contributed by atoms with Crippen LogP contribution in [0.4, 0.5) is 8.78 Å². The molecule has 0 atom stereocenters. The molecule has 0 aliphatic carbocycles. The Kier molecular flexibility index (Phi) is 3.69. The third kappa shape index (κ3) is 1.87. The lowest BCUT2D eigenvalue weighted by molar-refractivity contribution is 0.486. The van der Waals surface area contributed by atoms with Crippen LogP contribution in [0.1, 0.15) is 30.9 Å². The van der Waals surface area contributed by atoms with Crippen molar-refractivity contribution in [3.05, 3.63) is 31.7 Å². The maximum absolute atomic E-state index is 13.5. The molecule has 0 bridgehead atoms. The van der Waals surface area contributed by atoms with Gasteiger partial charge in [0.05, 0.1) is 0 Å². The van der Waals surface area contributed by atoms with Crippen molar-refractivity contribution in [1.82, 2.24) is 0 Å². The van der Waals surface area contributed by atoms with Crippen LogP contribution >= 0.6 is 31.9 Å². The molecule has 0 saturated carbocycles. The van der Waals surface area contributed by atoms with Gasteiger partial charge in [-0.3, -0.25) is 0 Å². The molecule has 0 aliphatic heterocycles. The molecule has 0 aliphatic rings. The van der Waals surface area contributed by atoms with E-state index in [-0.39, 0.29) is 5.92 Å². The second-order valence-corrected chi connectivity index (χ2v) is 5.04. The van der Waals surface area contributed by atoms with Gasteiger partial charge in [0.15, 0.2) is 11.6 Å². The number of benzene rings is 1. The molecule has 0 radical (unpaired) electrons. The third-order valence-electron chi connectivity index (χ3n) is 2.09. The van der Waals surface area contributed by atoms with Crippen LogP contribution in [0.2, 0.25) is 0 Å². The zero-order valence-electron chi connectivity index (χ0n) is 8.09. The molecule has 0 spiro atoms. The van der Waals surface area contributed by atoms with Gasteiger partial charge in [-0.15, -0.1) is 0 Å². The Hall–Kier alpha value is 0.0400. The lowest BCUT2D eigenvalue weighted by Gasteiger charge is -2.14. The first kappa shape index (κ1) is 12.1. The summed E-state index contributed by atoms with van der Waals surface area (Å²) < 4.78 is 28.1. The first-order chi connectivity index (χ1) is 6.37. The first-order valence-electron chi connectivity index (χ1n) is 4.20. The van der Waals surface area contributed by atoms with Crippen LogP contribution in [0, 0.1) is 18.6 Å². The maximum Gasteiger partial charge on any atom is 0.163 e. The minimum Gasteiger partial charge on any atom is -0.203 e. The van der Waals surface area contributed by atoms with Gasteiger partial charge in [-0.2, -0.15) is 0 Å². The van der Waals surface area contributed by atoms with E-state index in [1.54, 1.807) is 0 Å². The number of hydrogen-bond donors (Lipinski definition) is 0. The molecular weight excluding hydrogens is 318 g/mol. The van der Waals surface area contributed by atoms with Crippen molar-refractivity contribution in [1.29, 1.82) is 0 Å². The molecule has 14 heavy (non-hydrogen) atoms. The Labute approximate surface area is 99.0 Å². The molecule has 0 fully saturated rings. The minimum absolute atomic E-state index is 0.0595. The van der Waals surface area contributed by atoms with Crippen LogP contribution in [0.3, 0.4) is 0 Å². The molecule has 78 valence electrons. The van der Waals surface area contributed by atoms with E-state index in [0.717, 1.165) is 0 Å². The summed E-state index contributed by atoms with van der Waals surface area (Å²) in [5, 5.41) is 0. The fourth-order valence-electron chi connectivity index (χ4n) is 1.27. The summed E-state index contributed by atoms with van der Waals surface area (Å²) in [5.74, 6) is -1.59. The van der Waals surface area contributed by atoms with E-state index in [1.807, 2.05) is 13.8 Å². The highest BCUT2D eigenvalue weighted by Gasteiger charge is 2.21. The lowest BCUT2D eigenvalue weighted by Crippen LogP contribution is -2.02. The predicted octanol–water partition coefficient (Wildman–Crippen LogP) is 4.92. The topological polar surface area (TPSA) is 0 Å². The van der Waals surface area contributed by atoms with Gasteiger partial charge >= 0.3 is 0 Å². The number of hydrogen-bond acceptors (Lipinski definition) is 0. The molecule has 0 heterocycles. The highest BCUT2D eigenvalue weighted by Crippen LogP contribution is 2.37. The van der Waals surface area contributed by atoms with Crippen molar-refractivity contribution < 1.29 is 8.78 Å². The highest BCUT2D eigenvalue weighted by atomic mass is 79.9. The summed E-state index contributed by atoms with van der Waals surface area (Å²) in [6.07, 6.45) is 0. The van der Waals surface area contributed by atoms with Gasteiger partial charge in [0, 0.05) is 20.1 Å². The molecule has 4 heteroatoms. The van der Waals surface area contributed by atoms with E-state index in [2.05, 4.69) is 31.9 Å². The Bertz CT molecular complexity index is 344. The summed E-state index contributed by atoms with van der Waals surface area (Å²) in [5.41, 5.74) is 0.666. The van der Waals surface area contributed by atoms with Crippen LogP contribution in [-0.2, 0) is 0 Å². The monoisotopic (exact) mass is 326 g/mol. The molecular formula is C10H10Br2F2. The number of rotatable bonds is 1. The van der Waals surface area contributed by atoms with Crippen molar-refractivity contribution in [3.8, 4) is 0 Å². The minimum atomic E-state index is -0.774. The van der Waals surface area contributed by atoms with Gasteiger partial charge in [-0.05, 0) is 44.7 Å². The van der Waals surface area contributed by atoms with Crippen molar-refractivity contribution in [2.75, 3.05) is 0 Å². The van der Waals surface area contributed by atoms with Gasteiger partial charge in [-0.25, -0.2) is 8.78 Å². The lowest BCUT2D eigenvalue weighted by atomic mass is 10.0. The van der Waals surface area contributed by atoms with Gasteiger partial charge in [0.2, 0.25) is 0 Å². The van der Waals surface area contributed by atoms with Gasteiger partial charge in [0.25, 0.3) is 0 Å². The Morgan fingerprint density at radius 3 is 1.93 bits per heavy atom. The maximum atomic E-state index is 13.5. The summed E-state index contributed by atoms with van der Waals surface area (Å²) >= 11 is 6.49. The van der Waals surface area contributed by atoms with Crippen molar-refractivity contribution >= 4 is 31.9 Å². The molecule has 1 aromatic rings. The van der Waals surface area contributed by atoms with Crippen LogP contribution < -0.4 is 0 Å². The Morgan fingerprint density at radius 1 is 1.00 bits per heavy atom. The third-order valence-corrected chi connectivity index (χ3v) is 4.44. The fourth-order valence-corrected chi connectivity index (χ4v) is 2.58. The molecule has 0 amide bonds. The average Bonchev–Trinajstić information content (AvgIpc) is 2.11. The van der Waals surface area contributed by atoms with E-state index >= 15 is 0 Å². The van der Waals surface area contributed by atoms with Gasteiger partial charge < -0.3 is 0 Å².